The number of alkyl halides is 1. The van der Waals surface area contributed by atoms with Gasteiger partial charge in [-0.1, -0.05) is 12.1 Å². The SMILES string of the molecule is OC(CCCl)C(O)c1cccc2[nH]cnc12. The van der Waals surface area contributed by atoms with Crippen molar-refractivity contribution in [3.8, 4) is 0 Å². The van der Waals surface area contributed by atoms with E-state index < -0.39 is 12.2 Å². The van der Waals surface area contributed by atoms with Gasteiger partial charge in [0.15, 0.2) is 0 Å². The molecule has 1 heterocycles. The Balaban J connectivity index is 2.35. The highest BCUT2D eigenvalue weighted by Crippen LogP contribution is 2.25. The number of aliphatic hydroxyl groups excluding tert-OH is 2. The largest absolute Gasteiger partial charge is 0.390 e. The Bertz CT molecular complexity index is 472. The van der Waals surface area contributed by atoms with Gasteiger partial charge in [0, 0.05) is 11.4 Å². The van der Waals surface area contributed by atoms with Crippen molar-refractivity contribution in [2.75, 3.05) is 5.88 Å². The lowest BCUT2D eigenvalue weighted by atomic mass is 10.0. The van der Waals surface area contributed by atoms with Crippen molar-refractivity contribution in [2.45, 2.75) is 18.6 Å². The summed E-state index contributed by atoms with van der Waals surface area (Å²) in [5, 5.41) is 19.7. The zero-order chi connectivity index (χ0) is 11.5. The molecule has 0 bridgehead atoms. The number of aliphatic hydroxyl groups is 2. The number of H-pyrrole nitrogens is 1. The zero-order valence-electron chi connectivity index (χ0n) is 8.60. The third-order valence-electron chi connectivity index (χ3n) is 2.57. The van der Waals surface area contributed by atoms with Crippen molar-refractivity contribution in [1.29, 1.82) is 0 Å². The second kappa shape index (κ2) is 4.82. The van der Waals surface area contributed by atoms with Crippen LogP contribution < -0.4 is 0 Å². The molecule has 0 radical (unpaired) electrons. The highest BCUT2D eigenvalue weighted by atomic mass is 35.5. The zero-order valence-corrected chi connectivity index (χ0v) is 9.35. The predicted octanol–water partition coefficient (Wildman–Crippen LogP) is 1.59. The van der Waals surface area contributed by atoms with Gasteiger partial charge in [-0.25, -0.2) is 4.98 Å². The Morgan fingerprint density at radius 1 is 1.38 bits per heavy atom. The molecule has 0 aliphatic carbocycles. The summed E-state index contributed by atoms with van der Waals surface area (Å²) >= 11 is 5.53. The Kier molecular flexibility index (Phi) is 3.43. The maximum Gasteiger partial charge on any atom is 0.107 e. The summed E-state index contributed by atoms with van der Waals surface area (Å²) in [6.45, 7) is 0. The predicted molar refractivity (Wildman–Crippen MR) is 62.4 cm³/mol. The van der Waals surface area contributed by atoms with E-state index in [2.05, 4.69) is 9.97 Å². The number of hydrogen-bond donors (Lipinski definition) is 3. The molecule has 5 heteroatoms. The third kappa shape index (κ3) is 2.04. The van der Waals surface area contributed by atoms with Crippen molar-refractivity contribution in [3.05, 3.63) is 30.1 Å². The molecule has 3 N–H and O–H groups in total. The van der Waals surface area contributed by atoms with Gasteiger partial charge in [-0.2, -0.15) is 0 Å². The van der Waals surface area contributed by atoms with Gasteiger partial charge in [-0.05, 0) is 12.5 Å². The maximum atomic E-state index is 9.97. The first-order valence-corrected chi connectivity index (χ1v) is 5.61. The fourth-order valence-corrected chi connectivity index (χ4v) is 1.93. The average molecular weight is 241 g/mol. The van der Waals surface area contributed by atoms with E-state index in [1.807, 2.05) is 12.1 Å². The Labute approximate surface area is 97.9 Å². The lowest BCUT2D eigenvalue weighted by Gasteiger charge is -2.17. The molecule has 0 saturated carbocycles. The van der Waals surface area contributed by atoms with Crippen molar-refractivity contribution < 1.29 is 10.2 Å². The van der Waals surface area contributed by atoms with Crippen LogP contribution in [-0.2, 0) is 0 Å². The first-order chi connectivity index (χ1) is 7.74. The molecule has 2 rings (SSSR count). The minimum absolute atomic E-state index is 0.314. The van der Waals surface area contributed by atoms with Crippen LogP contribution >= 0.6 is 11.6 Å². The number of para-hydroxylation sites is 1. The van der Waals surface area contributed by atoms with Gasteiger partial charge in [0.1, 0.15) is 6.10 Å². The molecule has 0 fully saturated rings. The van der Waals surface area contributed by atoms with Gasteiger partial charge in [-0.15, -0.1) is 11.6 Å². The van der Waals surface area contributed by atoms with Crippen LogP contribution in [0.25, 0.3) is 11.0 Å². The first kappa shape index (κ1) is 11.4. The van der Waals surface area contributed by atoms with Crippen LogP contribution in [0.5, 0.6) is 0 Å². The van der Waals surface area contributed by atoms with Crippen molar-refractivity contribution in [3.63, 3.8) is 0 Å². The van der Waals surface area contributed by atoms with E-state index in [-0.39, 0.29) is 0 Å². The number of nitrogens with zero attached hydrogens (tertiary/aromatic N) is 1. The van der Waals surface area contributed by atoms with Crippen LogP contribution in [0, 0.1) is 0 Å². The van der Waals surface area contributed by atoms with Crippen molar-refractivity contribution in [2.24, 2.45) is 0 Å². The van der Waals surface area contributed by atoms with Crippen LogP contribution in [0.3, 0.4) is 0 Å². The number of aromatic nitrogens is 2. The van der Waals surface area contributed by atoms with E-state index in [1.54, 1.807) is 12.4 Å². The van der Waals surface area contributed by atoms with Gasteiger partial charge in [-0.3, -0.25) is 0 Å². The molecule has 0 aliphatic rings. The molecule has 1 aromatic heterocycles. The van der Waals surface area contributed by atoms with E-state index >= 15 is 0 Å². The van der Waals surface area contributed by atoms with E-state index in [0.717, 1.165) is 5.52 Å². The summed E-state index contributed by atoms with van der Waals surface area (Å²) < 4.78 is 0. The fraction of sp³-hybridized carbons (Fsp3) is 0.364. The average Bonchev–Trinajstić information content (AvgIpc) is 2.76. The van der Waals surface area contributed by atoms with Crippen molar-refractivity contribution >= 4 is 22.6 Å². The van der Waals surface area contributed by atoms with Gasteiger partial charge < -0.3 is 15.2 Å². The lowest BCUT2D eigenvalue weighted by molar-refractivity contribution is 0.0178. The molecule has 0 aliphatic heterocycles. The molecule has 0 amide bonds. The molecular formula is C11H13ClN2O2. The molecule has 16 heavy (non-hydrogen) atoms. The number of fused-ring (bicyclic) bond motifs is 1. The second-order valence-corrected chi connectivity index (χ2v) is 4.01. The number of hydrogen-bond acceptors (Lipinski definition) is 3. The molecule has 0 saturated heterocycles. The van der Waals surface area contributed by atoms with Gasteiger partial charge in [0.05, 0.1) is 23.5 Å². The topological polar surface area (TPSA) is 69.1 Å². The third-order valence-corrected chi connectivity index (χ3v) is 2.79. The van der Waals surface area contributed by atoms with Crippen LogP contribution in [0.4, 0.5) is 0 Å². The summed E-state index contributed by atoms with van der Waals surface area (Å²) in [5.41, 5.74) is 2.15. The number of aromatic amines is 1. The second-order valence-electron chi connectivity index (χ2n) is 3.64. The number of nitrogens with one attached hydrogen (secondary N) is 1. The molecule has 0 spiro atoms. The maximum absolute atomic E-state index is 9.97. The van der Waals surface area contributed by atoms with Gasteiger partial charge in [0.25, 0.3) is 0 Å². The summed E-state index contributed by atoms with van der Waals surface area (Å²) in [7, 11) is 0. The number of halogens is 1. The molecular weight excluding hydrogens is 228 g/mol. The van der Waals surface area contributed by atoms with Crippen LogP contribution in [0.2, 0.25) is 0 Å². The summed E-state index contributed by atoms with van der Waals surface area (Å²) in [5.74, 6) is 0.314. The summed E-state index contributed by atoms with van der Waals surface area (Å²) in [4.78, 5) is 7.08. The minimum Gasteiger partial charge on any atom is -0.390 e. The number of benzene rings is 1. The molecule has 2 aromatic rings. The normalized spacial score (nSPS) is 15.2. The van der Waals surface area contributed by atoms with E-state index in [9.17, 15) is 10.2 Å². The standard InChI is InChI=1S/C11H13ClN2O2/c12-5-4-9(15)11(16)7-2-1-3-8-10(7)14-6-13-8/h1-3,6,9,11,15-16H,4-5H2,(H,13,14). The molecule has 86 valence electrons. The number of imidazole rings is 1. The lowest BCUT2D eigenvalue weighted by Crippen LogP contribution is -2.18. The highest BCUT2D eigenvalue weighted by molar-refractivity contribution is 6.17. The Morgan fingerprint density at radius 3 is 2.94 bits per heavy atom. The van der Waals surface area contributed by atoms with Crippen LogP contribution in [-0.4, -0.2) is 32.2 Å². The quantitative estimate of drug-likeness (QED) is 0.711. The first-order valence-electron chi connectivity index (χ1n) is 5.08. The van der Waals surface area contributed by atoms with Gasteiger partial charge in [0.2, 0.25) is 0 Å². The molecule has 2 unspecified atom stereocenters. The molecule has 2 atom stereocenters. The number of rotatable bonds is 4. The molecule has 1 aromatic carbocycles. The van der Waals surface area contributed by atoms with Crippen molar-refractivity contribution in [1.82, 2.24) is 9.97 Å². The van der Waals surface area contributed by atoms with Crippen LogP contribution in [0.15, 0.2) is 24.5 Å². The summed E-state index contributed by atoms with van der Waals surface area (Å²) in [6, 6.07) is 5.43. The van der Waals surface area contributed by atoms with E-state index in [4.69, 9.17) is 11.6 Å². The fourth-order valence-electron chi connectivity index (χ4n) is 1.70. The smallest absolute Gasteiger partial charge is 0.107 e. The van der Waals surface area contributed by atoms with Gasteiger partial charge >= 0.3 is 0 Å². The van der Waals surface area contributed by atoms with E-state index in [0.29, 0.717) is 23.4 Å². The highest BCUT2D eigenvalue weighted by Gasteiger charge is 2.20. The van der Waals surface area contributed by atoms with Crippen LogP contribution in [0.1, 0.15) is 18.1 Å². The minimum atomic E-state index is -0.953. The summed E-state index contributed by atoms with van der Waals surface area (Å²) in [6.07, 6.45) is 0.101. The Hall–Kier alpha value is -1.10. The Morgan fingerprint density at radius 2 is 2.19 bits per heavy atom. The van der Waals surface area contributed by atoms with E-state index in [1.165, 1.54) is 0 Å². The monoisotopic (exact) mass is 240 g/mol. The molecule has 4 nitrogen and oxygen atoms in total.